The van der Waals surface area contributed by atoms with Crippen LogP contribution in [0.1, 0.15) is 12.5 Å². The predicted octanol–water partition coefficient (Wildman–Crippen LogP) is 3.40. The number of nitrogen functional groups attached to an aromatic ring is 1. The van der Waals surface area contributed by atoms with Gasteiger partial charge in [-0.1, -0.05) is 12.1 Å². The van der Waals surface area contributed by atoms with Gasteiger partial charge in [-0.3, -0.25) is 0 Å². The number of amidine groups is 1. The van der Waals surface area contributed by atoms with Crippen molar-refractivity contribution < 1.29 is 4.74 Å². The quantitative estimate of drug-likeness (QED) is 0.806. The minimum atomic E-state index is 0.704. The molecule has 2 aromatic carbocycles. The number of rotatable bonds is 1. The third-order valence-electron chi connectivity index (χ3n) is 3.39. The smallest absolute Gasteiger partial charge is 0.153 e. The fourth-order valence-electron chi connectivity index (χ4n) is 2.18. The maximum Gasteiger partial charge on any atom is 0.153 e. The number of para-hydroxylation sites is 2. The molecule has 1 aliphatic rings. The highest BCUT2D eigenvalue weighted by molar-refractivity contribution is 6.04. The van der Waals surface area contributed by atoms with Crippen LogP contribution in [-0.4, -0.2) is 24.3 Å². The molecule has 0 saturated carbocycles. The Morgan fingerprint density at radius 1 is 1.15 bits per heavy atom. The summed E-state index contributed by atoms with van der Waals surface area (Å²) in [6.07, 6.45) is 0. The third kappa shape index (κ3) is 2.09. The van der Waals surface area contributed by atoms with Gasteiger partial charge in [0.05, 0.1) is 5.56 Å². The van der Waals surface area contributed by atoms with Crippen LogP contribution in [0.15, 0.2) is 47.5 Å². The van der Waals surface area contributed by atoms with Gasteiger partial charge in [0.2, 0.25) is 0 Å². The Labute approximate surface area is 118 Å². The van der Waals surface area contributed by atoms with E-state index in [9.17, 15) is 0 Å². The fraction of sp³-hybridized carbons (Fsp3) is 0.188. The number of anilines is 1. The zero-order valence-electron chi connectivity index (χ0n) is 11.6. The Hall–Kier alpha value is -2.49. The van der Waals surface area contributed by atoms with E-state index in [1.807, 2.05) is 49.5 Å². The van der Waals surface area contributed by atoms with Crippen LogP contribution in [0, 0.1) is 0 Å². The zero-order chi connectivity index (χ0) is 14.1. The van der Waals surface area contributed by atoms with Crippen LogP contribution >= 0.6 is 0 Å². The first-order valence-electron chi connectivity index (χ1n) is 6.65. The first-order valence-corrected chi connectivity index (χ1v) is 6.65. The van der Waals surface area contributed by atoms with Crippen molar-refractivity contribution in [1.29, 1.82) is 0 Å². The number of nitrogens with zero attached hydrogens (tertiary/aromatic N) is 2. The molecule has 20 heavy (non-hydrogen) atoms. The van der Waals surface area contributed by atoms with Crippen molar-refractivity contribution >= 4 is 17.2 Å². The van der Waals surface area contributed by atoms with Crippen molar-refractivity contribution in [3.8, 4) is 11.5 Å². The van der Waals surface area contributed by atoms with Gasteiger partial charge in [0.15, 0.2) is 5.75 Å². The van der Waals surface area contributed by atoms with Gasteiger partial charge in [-0.2, -0.15) is 0 Å². The molecule has 0 amide bonds. The van der Waals surface area contributed by atoms with Crippen LogP contribution in [-0.2, 0) is 0 Å². The van der Waals surface area contributed by atoms with Gasteiger partial charge in [0.1, 0.15) is 17.3 Å². The van der Waals surface area contributed by atoms with Crippen molar-refractivity contribution in [2.45, 2.75) is 6.92 Å². The van der Waals surface area contributed by atoms with Crippen LogP contribution in [0.3, 0.4) is 0 Å². The highest BCUT2D eigenvalue weighted by Crippen LogP contribution is 2.38. The van der Waals surface area contributed by atoms with Crippen molar-refractivity contribution in [3.05, 3.63) is 48.0 Å². The molecule has 0 aromatic heterocycles. The molecule has 0 radical (unpaired) electrons. The van der Waals surface area contributed by atoms with E-state index in [-0.39, 0.29) is 0 Å². The molecule has 1 aliphatic heterocycles. The Morgan fingerprint density at radius 3 is 2.75 bits per heavy atom. The van der Waals surface area contributed by atoms with E-state index in [1.165, 1.54) is 0 Å². The average Bonchev–Trinajstić information content (AvgIpc) is 2.63. The van der Waals surface area contributed by atoms with Crippen molar-refractivity contribution in [2.75, 3.05) is 19.3 Å². The van der Waals surface area contributed by atoms with E-state index in [2.05, 4.69) is 11.8 Å². The maximum absolute atomic E-state index is 5.99. The predicted molar refractivity (Wildman–Crippen MR) is 81.9 cm³/mol. The summed E-state index contributed by atoms with van der Waals surface area (Å²) in [4.78, 5) is 6.84. The molecular formula is C16H17N3O. The van der Waals surface area contributed by atoms with Gasteiger partial charge in [0, 0.05) is 19.3 Å². The lowest BCUT2D eigenvalue weighted by atomic mass is 10.1. The number of ether oxygens (including phenoxy) is 1. The third-order valence-corrected chi connectivity index (χ3v) is 3.39. The second kappa shape index (κ2) is 4.89. The molecule has 4 heteroatoms. The van der Waals surface area contributed by atoms with E-state index in [0.717, 1.165) is 35.1 Å². The maximum atomic E-state index is 5.99. The first kappa shape index (κ1) is 12.5. The molecule has 0 unspecified atom stereocenters. The van der Waals surface area contributed by atoms with Gasteiger partial charge >= 0.3 is 0 Å². The van der Waals surface area contributed by atoms with Crippen LogP contribution in [0.4, 0.5) is 11.4 Å². The second-order valence-corrected chi connectivity index (χ2v) is 4.77. The molecule has 0 fully saturated rings. The molecule has 102 valence electrons. The van der Waals surface area contributed by atoms with Gasteiger partial charge in [-0.15, -0.1) is 0 Å². The Balaban J connectivity index is 2.24. The number of hydrogen-bond acceptors (Lipinski definition) is 4. The highest BCUT2D eigenvalue weighted by Gasteiger charge is 2.20. The molecule has 0 spiro atoms. The highest BCUT2D eigenvalue weighted by atomic mass is 16.5. The zero-order valence-corrected chi connectivity index (χ0v) is 11.6. The minimum absolute atomic E-state index is 0.704. The average molecular weight is 267 g/mol. The monoisotopic (exact) mass is 267 g/mol. The van der Waals surface area contributed by atoms with Crippen molar-refractivity contribution in [3.63, 3.8) is 0 Å². The molecule has 4 nitrogen and oxygen atoms in total. The van der Waals surface area contributed by atoms with Gasteiger partial charge in [-0.25, -0.2) is 4.99 Å². The van der Waals surface area contributed by atoms with Gasteiger partial charge in [-0.05, 0) is 37.3 Å². The number of aliphatic imine (C=N–C) groups is 1. The summed E-state index contributed by atoms with van der Waals surface area (Å²) in [5, 5.41) is 0. The van der Waals surface area contributed by atoms with E-state index < -0.39 is 0 Å². The molecule has 3 rings (SSSR count). The van der Waals surface area contributed by atoms with Crippen molar-refractivity contribution in [1.82, 2.24) is 4.90 Å². The lowest BCUT2D eigenvalue weighted by molar-refractivity contribution is 0.482. The number of benzene rings is 2. The van der Waals surface area contributed by atoms with Gasteiger partial charge in [0.25, 0.3) is 0 Å². The lowest BCUT2D eigenvalue weighted by Gasteiger charge is -2.20. The van der Waals surface area contributed by atoms with Crippen LogP contribution in [0.25, 0.3) is 0 Å². The molecule has 0 bridgehead atoms. The summed E-state index contributed by atoms with van der Waals surface area (Å²) in [6.45, 7) is 2.95. The lowest BCUT2D eigenvalue weighted by Crippen LogP contribution is -2.27. The van der Waals surface area contributed by atoms with E-state index in [4.69, 9.17) is 15.5 Å². The summed E-state index contributed by atoms with van der Waals surface area (Å²) < 4.78 is 5.99. The topological polar surface area (TPSA) is 50.8 Å². The summed E-state index contributed by atoms with van der Waals surface area (Å²) in [6, 6.07) is 13.4. The SMILES string of the molecule is CCN(C)C1=Nc2ccccc2Oc2ccc(N)cc21. The van der Waals surface area contributed by atoms with E-state index >= 15 is 0 Å². The number of fused-ring (bicyclic) bond motifs is 2. The molecule has 2 aromatic rings. The molecular weight excluding hydrogens is 250 g/mol. The summed E-state index contributed by atoms with van der Waals surface area (Å²) in [5.41, 5.74) is 8.37. The molecule has 1 heterocycles. The summed E-state index contributed by atoms with van der Waals surface area (Å²) >= 11 is 0. The van der Waals surface area contributed by atoms with E-state index in [0.29, 0.717) is 5.69 Å². The van der Waals surface area contributed by atoms with Crippen LogP contribution in [0.5, 0.6) is 11.5 Å². The van der Waals surface area contributed by atoms with Crippen molar-refractivity contribution in [2.24, 2.45) is 4.99 Å². The molecule has 0 aliphatic carbocycles. The first-order chi connectivity index (χ1) is 9.69. The van der Waals surface area contributed by atoms with Crippen LogP contribution < -0.4 is 10.5 Å². The molecule has 2 N–H and O–H groups in total. The standard InChI is InChI=1S/C16H17N3O/c1-3-19(2)16-12-10-11(17)8-9-14(12)20-15-7-5-4-6-13(15)18-16/h4-10H,3,17H2,1-2H3. The number of nitrogens with two attached hydrogens (primary N) is 1. The van der Waals surface area contributed by atoms with E-state index in [1.54, 1.807) is 0 Å². The normalized spacial score (nSPS) is 12.6. The summed E-state index contributed by atoms with van der Waals surface area (Å²) in [7, 11) is 2.01. The largest absolute Gasteiger partial charge is 0.454 e. The van der Waals surface area contributed by atoms with Gasteiger partial charge < -0.3 is 15.4 Å². The molecule has 0 atom stereocenters. The second-order valence-electron chi connectivity index (χ2n) is 4.77. The minimum Gasteiger partial charge on any atom is -0.454 e. The summed E-state index contributed by atoms with van der Waals surface area (Å²) in [5.74, 6) is 2.42. The van der Waals surface area contributed by atoms with Crippen LogP contribution in [0.2, 0.25) is 0 Å². The Morgan fingerprint density at radius 2 is 1.95 bits per heavy atom. The number of hydrogen-bond donors (Lipinski definition) is 1. The molecule has 0 saturated heterocycles. The fourth-order valence-corrected chi connectivity index (χ4v) is 2.18. The Kier molecular flexibility index (Phi) is 3.06. The Bertz CT molecular complexity index is 679.